The Balaban J connectivity index is 2.00. The maximum atomic E-state index is 11.7. The van der Waals surface area contributed by atoms with Gasteiger partial charge in [-0.3, -0.25) is 4.79 Å². The van der Waals surface area contributed by atoms with Crippen molar-refractivity contribution >= 4 is 17.5 Å². The molecule has 20 heavy (non-hydrogen) atoms. The van der Waals surface area contributed by atoms with E-state index in [0.717, 1.165) is 55.9 Å². The molecule has 1 unspecified atom stereocenters. The topological polar surface area (TPSA) is 98.1 Å². The third-order valence-electron chi connectivity index (χ3n) is 4.22. The third kappa shape index (κ3) is 2.30. The first-order chi connectivity index (χ1) is 9.58. The molecule has 1 saturated heterocycles. The number of hydrogen-bond acceptors (Lipinski definition) is 5. The van der Waals surface area contributed by atoms with Gasteiger partial charge in [0.2, 0.25) is 5.91 Å². The summed E-state index contributed by atoms with van der Waals surface area (Å²) >= 11 is 0. The van der Waals surface area contributed by atoms with Crippen LogP contribution in [-0.2, 0) is 4.79 Å². The molecule has 1 atom stereocenters. The molecule has 0 bridgehead atoms. The van der Waals surface area contributed by atoms with Crippen molar-refractivity contribution < 1.29 is 4.79 Å². The van der Waals surface area contributed by atoms with Crippen LogP contribution in [-0.4, -0.2) is 28.5 Å². The van der Waals surface area contributed by atoms with E-state index in [-0.39, 0.29) is 11.9 Å². The summed E-state index contributed by atoms with van der Waals surface area (Å²) in [4.78, 5) is 22.8. The summed E-state index contributed by atoms with van der Waals surface area (Å²) in [5.41, 5.74) is 12.4. The molecule has 2 aliphatic rings. The van der Waals surface area contributed by atoms with Crippen molar-refractivity contribution in [2.75, 3.05) is 17.2 Å². The van der Waals surface area contributed by atoms with Gasteiger partial charge in [0.25, 0.3) is 0 Å². The Morgan fingerprint density at radius 3 is 2.65 bits per heavy atom. The van der Waals surface area contributed by atoms with Crippen molar-refractivity contribution in [1.29, 1.82) is 0 Å². The molecule has 3 rings (SSSR count). The number of nitrogens with two attached hydrogens (primary N) is 2. The number of carbonyl (C=O) groups excluding carboxylic acids is 1. The molecule has 2 heterocycles. The van der Waals surface area contributed by atoms with E-state index in [1.165, 1.54) is 0 Å². The smallest absolute Gasteiger partial charge is 0.240 e. The summed E-state index contributed by atoms with van der Waals surface area (Å²) in [5.74, 6) is 2.29. The zero-order valence-corrected chi connectivity index (χ0v) is 11.8. The molecular weight excluding hydrogens is 254 g/mol. The number of amides is 1. The highest BCUT2D eigenvalue weighted by Gasteiger charge is 2.32. The average Bonchev–Trinajstić information content (AvgIpc) is 3.26. The van der Waals surface area contributed by atoms with E-state index in [0.29, 0.717) is 11.7 Å². The second-order valence-corrected chi connectivity index (χ2v) is 5.80. The van der Waals surface area contributed by atoms with Gasteiger partial charge in [0, 0.05) is 18.0 Å². The Morgan fingerprint density at radius 1 is 1.25 bits per heavy atom. The molecule has 4 N–H and O–H groups in total. The zero-order chi connectivity index (χ0) is 14.3. The van der Waals surface area contributed by atoms with Crippen LogP contribution in [0.15, 0.2) is 0 Å². The van der Waals surface area contributed by atoms with Gasteiger partial charge in [-0.2, -0.15) is 0 Å². The van der Waals surface area contributed by atoms with Crippen LogP contribution in [0.25, 0.3) is 0 Å². The van der Waals surface area contributed by atoms with Crippen molar-refractivity contribution in [3.8, 4) is 0 Å². The predicted octanol–water partition coefficient (Wildman–Crippen LogP) is 1.09. The fourth-order valence-electron chi connectivity index (χ4n) is 2.82. The van der Waals surface area contributed by atoms with E-state index in [4.69, 9.17) is 11.5 Å². The molecule has 1 aliphatic carbocycles. The minimum Gasteiger partial charge on any atom is -0.383 e. The molecular formula is C14H21N5O. The van der Waals surface area contributed by atoms with Crippen molar-refractivity contribution in [1.82, 2.24) is 9.97 Å². The molecule has 0 radical (unpaired) electrons. The van der Waals surface area contributed by atoms with Crippen LogP contribution in [0, 0.1) is 6.92 Å². The summed E-state index contributed by atoms with van der Waals surface area (Å²) in [6.07, 6.45) is 5.12. The van der Waals surface area contributed by atoms with Crippen LogP contribution in [0.4, 0.5) is 11.6 Å². The van der Waals surface area contributed by atoms with E-state index in [2.05, 4.69) is 9.97 Å². The predicted molar refractivity (Wildman–Crippen MR) is 77.3 cm³/mol. The van der Waals surface area contributed by atoms with Crippen LogP contribution in [0.2, 0.25) is 0 Å². The van der Waals surface area contributed by atoms with Gasteiger partial charge in [0.1, 0.15) is 23.5 Å². The van der Waals surface area contributed by atoms with Gasteiger partial charge in [0.05, 0.1) is 0 Å². The largest absolute Gasteiger partial charge is 0.383 e. The van der Waals surface area contributed by atoms with E-state index in [1.54, 1.807) is 0 Å². The van der Waals surface area contributed by atoms with E-state index < -0.39 is 0 Å². The van der Waals surface area contributed by atoms with Crippen LogP contribution < -0.4 is 16.4 Å². The summed E-state index contributed by atoms with van der Waals surface area (Å²) in [6.45, 7) is 2.71. The summed E-state index contributed by atoms with van der Waals surface area (Å²) in [5, 5.41) is 0. The number of primary amides is 1. The first-order valence-electron chi connectivity index (χ1n) is 7.28. The zero-order valence-electron chi connectivity index (χ0n) is 11.8. The van der Waals surface area contributed by atoms with Gasteiger partial charge in [-0.1, -0.05) is 0 Å². The monoisotopic (exact) mass is 275 g/mol. The Bertz CT molecular complexity index is 541. The second-order valence-electron chi connectivity index (χ2n) is 5.80. The molecule has 1 saturated carbocycles. The standard InChI is InChI=1S/C14H21N5O/c1-8-11(15)17-13(9-5-6-9)18-14(8)19-7-3-2-4-10(19)12(16)20/h9-10H,2-7H2,1H3,(H2,16,20)(H2,15,17,18). The van der Waals surface area contributed by atoms with E-state index >= 15 is 0 Å². The molecule has 1 amide bonds. The summed E-state index contributed by atoms with van der Waals surface area (Å²) in [7, 11) is 0. The Labute approximate surface area is 118 Å². The number of rotatable bonds is 3. The molecule has 0 spiro atoms. The number of carbonyl (C=O) groups is 1. The molecule has 108 valence electrons. The van der Waals surface area contributed by atoms with Crippen molar-refractivity contribution in [3.05, 3.63) is 11.4 Å². The van der Waals surface area contributed by atoms with Gasteiger partial charge in [-0.25, -0.2) is 9.97 Å². The number of nitrogens with zero attached hydrogens (tertiary/aromatic N) is 3. The highest BCUT2D eigenvalue weighted by atomic mass is 16.1. The van der Waals surface area contributed by atoms with Gasteiger partial charge in [-0.15, -0.1) is 0 Å². The van der Waals surface area contributed by atoms with Crippen LogP contribution >= 0.6 is 0 Å². The fourth-order valence-corrected chi connectivity index (χ4v) is 2.82. The lowest BCUT2D eigenvalue weighted by Crippen LogP contribution is -2.48. The van der Waals surface area contributed by atoms with Gasteiger partial charge < -0.3 is 16.4 Å². The lowest BCUT2D eigenvalue weighted by molar-refractivity contribution is -0.119. The Kier molecular flexibility index (Phi) is 3.23. The van der Waals surface area contributed by atoms with Crippen molar-refractivity contribution in [2.24, 2.45) is 5.73 Å². The molecule has 0 aromatic carbocycles. The SMILES string of the molecule is Cc1c(N)nc(C2CC2)nc1N1CCCCC1C(N)=O. The third-order valence-corrected chi connectivity index (χ3v) is 4.22. The normalized spacial score (nSPS) is 22.9. The van der Waals surface area contributed by atoms with Crippen molar-refractivity contribution in [2.45, 2.75) is 51.0 Å². The summed E-state index contributed by atoms with van der Waals surface area (Å²) in [6, 6.07) is -0.274. The molecule has 1 aromatic heterocycles. The number of nitrogen functional groups attached to an aromatic ring is 1. The molecule has 1 aromatic rings. The number of aromatic nitrogens is 2. The highest BCUT2D eigenvalue weighted by Crippen LogP contribution is 2.40. The lowest BCUT2D eigenvalue weighted by Gasteiger charge is -2.35. The second kappa shape index (κ2) is 4.92. The van der Waals surface area contributed by atoms with Crippen molar-refractivity contribution in [3.63, 3.8) is 0 Å². The fraction of sp³-hybridized carbons (Fsp3) is 0.643. The first kappa shape index (κ1) is 13.1. The van der Waals surface area contributed by atoms with Crippen LogP contribution in [0.5, 0.6) is 0 Å². The first-order valence-corrected chi connectivity index (χ1v) is 7.28. The maximum Gasteiger partial charge on any atom is 0.240 e. The molecule has 2 fully saturated rings. The Hall–Kier alpha value is -1.85. The highest BCUT2D eigenvalue weighted by molar-refractivity contribution is 5.84. The average molecular weight is 275 g/mol. The summed E-state index contributed by atoms with van der Waals surface area (Å²) < 4.78 is 0. The molecule has 6 nitrogen and oxygen atoms in total. The minimum absolute atomic E-state index is 0.274. The Morgan fingerprint density at radius 2 is 2.00 bits per heavy atom. The van der Waals surface area contributed by atoms with E-state index in [9.17, 15) is 4.79 Å². The lowest BCUT2D eigenvalue weighted by atomic mass is 10.0. The molecule has 6 heteroatoms. The number of piperidine rings is 1. The maximum absolute atomic E-state index is 11.7. The minimum atomic E-state index is -0.283. The molecule has 1 aliphatic heterocycles. The van der Waals surface area contributed by atoms with Gasteiger partial charge in [-0.05, 0) is 39.0 Å². The number of anilines is 2. The number of hydrogen-bond donors (Lipinski definition) is 2. The van der Waals surface area contributed by atoms with E-state index in [1.807, 2.05) is 11.8 Å². The van der Waals surface area contributed by atoms with Gasteiger partial charge >= 0.3 is 0 Å². The van der Waals surface area contributed by atoms with Crippen LogP contribution in [0.1, 0.15) is 49.4 Å². The quantitative estimate of drug-likeness (QED) is 0.860. The van der Waals surface area contributed by atoms with Crippen LogP contribution in [0.3, 0.4) is 0 Å². The van der Waals surface area contributed by atoms with Gasteiger partial charge in [0.15, 0.2) is 0 Å².